The summed E-state index contributed by atoms with van der Waals surface area (Å²) >= 11 is 0. The Morgan fingerprint density at radius 2 is 2.00 bits per heavy atom. The fourth-order valence-electron chi connectivity index (χ4n) is 3.05. The number of piperidine rings is 1. The first kappa shape index (κ1) is 17.5. The monoisotopic (exact) mass is 340 g/mol. The van der Waals surface area contributed by atoms with E-state index < -0.39 is 0 Å². The van der Waals surface area contributed by atoms with Crippen LogP contribution < -0.4 is 4.74 Å². The Balaban J connectivity index is 1.87. The SMILES string of the molecule is CCCCCOc1ccccc1C(=NN1CCCCC1)n1ccnc1. The molecule has 1 aliphatic heterocycles. The maximum absolute atomic E-state index is 6.07. The van der Waals surface area contributed by atoms with Crippen molar-refractivity contribution < 1.29 is 4.74 Å². The van der Waals surface area contributed by atoms with E-state index in [9.17, 15) is 0 Å². The summed E-state index contributed by atoms with van der Waals surface area (Å²) in [6.07, 6.45) is 12.7. The van der Waals surface area contributed by atoms with Gasteiger partial charge in [-0.3, -0.25) is 9.58 Å². The van der Waals surface area contributed by atoms with Gasteiger partial charge in [-0.05, 0) is 37.8 Å². The zero-order valence-corrected chi connectivity index (χ0v) is 15.1. The Hall–Kier alpha value is -2.30. The molecule has 0 N–H and O–H groups in total. The molecule has 1 aromatic heterocycles. The number of hydrogen-bond acceptors (Lipinski definition) is 4. The third-order valence-electron chi connectivity index (χ3n) is 4.45. The van der Waals surface area contributed by atoms with Crippen molar-refractivity contribution in [2.45, 2.75) is 45.4 Å². The summed E-state index contributed by atoms with van der Waals surface area (Å²) in [4.78, 5) is 4.20. The molecule has 1 aromatic carbocycles. The molecule has 1 saturated heterocycles. The minimum Gasteiger partial charge on any atom is -0.493 e. The van der Waals surface area contributed by atoms with Crippen LogP contribution in [0.4, 0.5) is 0 Å². The van der Waals surface area contributed by atoms with Gasteiger partial charge in [0.25, 0.3) is 0 Å². The van der Waals surface area contributed by atoms with E-state index in [1.165, 1.54) is 32.1 Å². The van der Waals surface area contributed by atoms with Crippen LogP contribution in [0.5, 0.6) is 5.75 Å². The van der Waals surface area contributed by atoms with Gasteiger partial charge in [0.2, 0.25) is 0 Å². The third-order valence-corrected chi connectivity index (χ3v) is 4.45. The van der Waals surface area contributed by atoms with Crippen molar-refractivity contribution in [1.82, 2.24) is 14.6 Å². The van der Waals surface area contributed by atoms with E-state index in [0.717, 1.165) is 43.3 Å². The molecule has 3 rings (SSSR count). The summed E-state index contributed by atoms with van der Waals surface area (Å²) in [5.74, 6) is 1.77. The number of imidazole rings is 1. The van der Waals surface area contributed by atoms with Crippen LogP contribution in [-0.4, -0.2) is 40.1 Å². The highest BCUT2D eigenvalue weighted by Crippen LogP contribution is 2.21. The number of nitrogens with zero attached hydrogens (tertiary/aromatic N) is 4. The Labute approximate surface area is 150 Å². The van der Waals surface area contributed by atoms with Gasteiger partial charge in [0, 0.05) is 25.5 Å². The molecule has 5 heteroatoms. The maximum Gasteiger partial charge on any atom is 0.169 e. The first-order valence-corrected chi connectivity index (χ1v) is 9.42. The van der Waals surface area contributed by atoms with Gasteiger partial charge >= 0.3 is 0 Å². The molecule has 134 valence electrons. The molecule has 0 bridgehead atoms. The van der Waals surface area contributed by atoms with Gasteiger partial charge in [0.1, 0.15) is 12.1 Å². The molecule has 2 heterocycles. The van der Waals surface area contributed by atoms with Crippen LogP contribution in [0.2, 0.25) is 0 Å². The molecule has 5 nitrogen and oxygen atoms in total. The first-order chi connectivity index (χ1) is 12.4. The van der Waals surface area contributed by atoms with Crippen LogP contribution in [0.1, 0.15) is 51.0 Å². The number of para-hydroxylation sites is 1. The van der Waals surface area contributed by atoms with Crippen molar-refractivity contribution in [3.8, 4) is 5.75 Å². The van der Waals surface area contributed by atoms with Crippen LogP contribution in [0.15, 0.2) is 48.1 Å². The molecule has 25 heavy (non-hydrogen) atoms. The van der Waals surface area contributed by atoms with Gasteiger partial charge in [-0.1, -0.05) is 31.9 Å². The molecular formula is C20H28N4O. The predicted octanol–water partition coefficient (Wildman–Crippen LogP) is 4.15. The molecule has 0 radical (unpaired) electrons. The van der Waals surface area contributed by atoms with Crippen LogP contribution in [0.25, 0.3) is 0 Å². The van der Waals surface area contributed by atoms with Crippen LogP contribution in [0, 0.1) is 0 Å². The molecular weight excluding hydrogens is 312 g/mol. The molecule has 0 amide bonds. The van der Waals surface area contributed by atoms with E-state index >= 15 is 0 Å². The second kappa shape index (κ2) is 9.25. The lowest BCUT2D eigenvalue weighted by molar-refractivity contribution is 0.238. The normalized spacial score (nSPS) is 15.4. The van der Waals surface area contributed by atoms with Gasteiger partial charge in [0.05, 0.1) is 12.2 Å². The summed E-state index contributed by atoms with van der Waals surface area (Å²) < 4.78 is 8.05. The van der Waals surface area contributed by atoms with Gasteiger partial charge < -0.3 is 4.74 Å². The van der Waals surface area contributed by atoms with Crippen molar-refractivity contribution in [1.29, 1.82) is 0 Å². The largest absolute Gasteiger partial charge is 0.493 e. The van der Waals surface area contributed by atoms with Gasteiger partial charge in [-0.25, -0.2) is 4.98 Å². The van der Waals surface area contributed by atoms with Crippen molar-refractivity contribution in [3.63, 3.8) is 0 Å². The summed E-state index contributed by atoms with van der Waals surface area (Å²) in [6.45, 7) is 4.97. The van der Waals surface area contributed by atoms with E-state index in [4.69, 9.17) is 9.84 Å². The van der Waals surface area contributed by atoms with Crippen molar-refractivity contribution in [3.05, 3.63) is 48.5 Å². The fourth-order valence-corrected chi connectivity index (χ4v) is 3.05. The smallest absolute Gasteiger partial charge is 0.169 e. The highest BCUT2D eigenvalue weighted by Gasteiger charge is 2.15. The lowest BCUT2D eigenvalue weighted by Crippen LogP contribution is -2.28. The van der Waals surface area contributed by atoms with Gasteiger partial charge in [0.15, 0.2) is 5.84 Å². The van der Waals surface area contributed by atoms with Crippen molar-refractivity contribution in [2.24, 2.45) is 5.10 Å². The second-order valence-electron chi connectivity index (χ2n) is 6.46. The molecule has 1 fully saturated rings. The minimum atomic E-state index is 0.742. The average molecular weight is 340 g/mol. The van der Waals surface area contributed by atoms with E-state index in [1.54, 1.807) is 12.5 Å². The quantitative estimate of drug-likeness (QED) is 0.432. The third kappa shape index (κ3) is 4.84. The zero-order chi connectivity index (χ0) is 17.3. The minimum absolute atomic E-state index is 0.742. The lowest BCUT2D eigenvalue weighted by atomic mass is 10.1. The molecule has 0 atom stereocenters. The Bertz CT molecular complexity index is 660. The van der Waals surface area contributed by atoms with Gasteiger partial charge in [-0.15, -0.1) is 0 Å². The summed E-state index contributed by atoms with van der Waals surface area (Å²) in [7, 11) is 0. The molecule has 0 unspecified atom stereocenters. The Morgan fingerprint density at radius 1 is 1.16 bits per heavy atom. The number of rotatable bonds is 7. The van der Waals surface area contributed by atoms with Gasteiger partial charge in [-0.2, -0.15) is 5.10 Å². The number of benzene rings is 1. The number of hydrogen-bond donors (Lipinski definition) is 0. The molecule has 0 spiro atoms. The van der Waals surface area contributed by atoms with Crippen LogP contribution in [0.3, 0.4) is 0 Å². The lowest BCUT2D eigenvalue weighted by Gasteiger charge is -2.25. The van der Waals surface area contributed by atoms with E-state index in [2.05, 4.69) is 23.0 Å². The summed E-state index contributed by atoms with van der Waals surface area (Å²) in [5.41, 5.74) is 1.02. The maximum atomic E-state index is 6.07. The number of hydrazone groups is 1. The number of unbranched alkanes of at least 4 members (excludes halogenated alkanes) is 2. The topological polar surface area (TPSA) is 42.6 Å². The molecule has 0 aliphatic carbocycles. The highest BCUT2D eigenvalue weighted by atomic mass is 16.5. The average Bonchev–Trinajstić information content (AvgIpc) is 3.19. The van der Waals surface area contributed by atoms with E-state index in [-0.39, 0.29) is 0 Å². The zero-order valence-electron chi connectivity index (χ0n) is 15.1. The van der Waals surface area contributed by atoms with E-state index in [1.807, 2.05) is 29.0 Å². The predicted molar refractivity (Wildman–Crippen MR) is 101 cm³/mol. The molecule has 1 aliphatic rings. The van der Waals surface area contributed by atoms with Crippen molar-refractivity contribution >= 4 is 5.84 Å². The first-order valence-electron chi connectivity index (χ1n) is 9.42. The Kier molecular flexibility index (Phi) is 6.48. The van der Waals surface area contributed by atoms with Crippen molar-refractivity contribution in [2.75, 3.05) is 19.7 Å². The Morgan fingerprint density at radius 3 is 2.76 bits per heavy atom. The number of ether oxygens (including phenoxy) is 1. The summed E-state index contributed by atoms with van der Waals surface area (Å²) in [6, 6.07) is 8.17. The van der Waals surface area contributed by atoms with E-state index in [0.29, 0.717) is 0 Å². The fraction of sp³-hybridized carbons (Fsp3) is 0.500. The van der Waals surface area contributed by atoms with Crippen LogP contribution in [-0.2, 0) is 0 Å². The molecule has 2 aromatic rings. The standard InChI is InChI=1S/C20H28N4O/c1-2-3-9-16-25-19-11-6-5-10-18(19)20(23-15-12-21-17-23)22-24-13-7-4-8-14-24/h5-6,10-12,15,17H,2-4,7-9,13-14,16H2,1H3. The summed E-state index contributed by atoms with van der Waals surface area (Å²) in [5, 5.41) is 7.12. The highest BCUT2D eigenvalue weighted by molar-refractivity contribution is 6.02. The van der Waals surface area contributed by atoms with Crippen LogP contribution >= 0.6 is 0 Å². The number of aromatic nitrogens is 2. The second-order valence-corrected chi connectivity index (χ2v) is 6.46. The molecule has 0 saturated carbocycles.